The van der Waals surface area contributed by atoms with E-state index in [1.807, 2.05) is 30.3 Å². The van der Waals surface area contributed by atoms with Crippen LogP contribution < -0.4 is 5.32 Å². The second kappa shape index (κ2) is 10.1. The fourth-order valence-corrected chi connectivity index (χ4v) is 3.01. The van der Waals surface area contributed by atoms with Crippen LogP contribution in [0.25, 0.3) is 0 Å². The van der Waals surface area contributed by atoms with Gasteiger partial charge >= 0.3 is 5.97 Å². The zero-order valence-corrected chi connectivity index (χ0v) is 14.9. The van der Waals surface area contributed by atoms with Crippen molar-refractivity contribution in [2.24, 2.45) is 0 Å². The predicted octanol–water partition coefficient (Wildman–Crippen LogP) is 3.69. The Labute approximate surface area is 154 Å². The zero-order chi connectivity index (χ0) is 18.1. The standard InChI is InChI=1S/C18H17ClFNO3S/c19-16-10-14(20)6-7-15(16)18(23)24-11-17(22)21-8-9-25-12-13-4-2-1-3-5-13/h1-7,10H,8-9,11-12H2,(H,21,22). The summed E-state index contributed by atoms with van der Waals surface area (Å²) in [7, 11) is 0. The second-order valence-electron chi connectivity index (χ2n) is 5.09. The Morgan fingerprint density at radius 3 is 2.64 bits per heavy atom. The van der Waals surface area contributed by atoms with Crippen LogP contribution in [0.4, 0.5) is 4.39 Å². The van der Waals surface area contributed by atoms with E-state index in [4.69, 9.17) is 16.3 Å². The van der Waals surface area contributed by atoms with Crippen LogP contribution in [0.15, 0.2) is 48.5 Å². The van der Waals surface area contributed by atoms with Crippen molar-refractivity contribution < 1.29 is 18.7 Å². The van der Waals surface area contributed by atoms with Gasteiger partial charge in [0, 0.05) is 18.1 Å². The van der Waals surface area contributed by atoms with Gasteiger partial charge in [0.05, 0.1) is 10.6 Å². The van der Waals surface area contributed by atoms with Crippen molar-refractivity contribution in [3.8, 4) is 0 Å². The van der Waals surface area contributed by atoms with Crippen LogP contribution in [0.2, 0.25) is 5.02 Å². The van der Waals surface area contributed by atoms with E-state index in [2.05, 4.69) is 5.32 Å². The third kappa shape index (κ3) is 6.76. The number of thioether (sulfide) groups is 1. The van der Waals surface area contributed by atoms with E-state index in [1.165, 1.54) is 11.6 Å². The number of nitrogens with one attached hydrogen (secondary N) is 1. The average Bonchev–Trinajstić information content (AvgIpc) is 2.60. The molecule has 0 aliphatic heterocycles. The molecule has 0 fully saturated rings. The Balaban J connectivity index is 1.62. The quantitative estimate of drug-likeness (QED) is 0.559. The molecule has 0 aromatic heterocycles. The molecule has 0 spiro atoms. The summed E-state index contributed by atoms with van der Waals surface area (Å²) in [5.74, 6) is -0.0922. The molecular weight excluding hydrogens is 365 g/mol. The maximum absolute atomic E-state index is 12.9. The number of halogens is 2. The molecule has 0 aliphatic carbocycles. The minimum atomic E-state index is -0.765. The largest absolute Gasteiger partial charge is 0.452 e. The lowest BCUT2D eigenvalue weighted by molar-refractivity contribution is -0.124. The van der Waals surface area contributed by atoms with Gasteiger partial charge in [-0.25, -0.2) is 9.18 Å². The number of hydrogen-bond donors (Lipinski definition) is 1. The Bertz CT molecular complexity index is 728. The SMILES string of the molecule is O=C(COC(=O)c1ccc(F)cc1Cl)NCCSCc1ccccc1. The number of benzene rings is 2. The minimum Gasteiger partial charge on any atom is -0.452 e. The van der Waals surface area contributed by atoms with Crippen LogP contribution in [0.5, 0.6) is 0 Å². The average molecular weight is 382 g/mol. The van der Waals surface area contributed by atoms with E-state index in [0.29, 0.717) is 6.54 Å². The highest BCUT2D eigenvalue weighted by molar-refractivity contribution is 7.98. The van der Waals surface area contributed by atoms with Crippen molar-refractivity contribution in [1.29, 1.82) is 0 Å². The molecule has 2 rings (SSSR count). The van der Waals surface area contributed by atoms with Gasteiger partial charge in [-0.05, 0) is 23.8 Å². The van der Waals surface area contributed by atoms with Gasteiger partial charge in [-0.15, -0.1) is 0 Å². The highest BCUT2D eigenvalue weighted by atomic mass is 35.5. The van der Waals surface area contributed by atoms with E-state index in [0.717, 1.165) is 23.6 Å². The number of carbonyl (C=O) groups excluding carboxylic acids is 2. The van der Waals surface area contributed by atoms with E-state index in [9.17, 15) is 14.0 Å². The van der Waals surface area contributed by atoms with Crippen LogP contribution in [0.3, 0.4) is 0 Å². The summed E-state index contributed by atoms with van der Waals surface area (Å²) in [6.07, 6.45) is 0. The van der Waals surface area contributed by atoms with Crippen LogP contribution in [0.1, 0.15) is 15.9 Å². The fraction of sp³-hybridized carbons (Fsp3) is 0.222. The summed E-state index contributed by atoms with van der Waals surface area (Å²) in [6.45, 7) is 0.0705. The second-order valence-corrected chi connectivity index (χ2v) is 6.60. The number of amides is 1. The molecule has 4 nitrogen and oxygen atoms in total. The van der Waals surface area contributed by atoms with Crippen molar-refractivity contribution >= 4 is 35.2 Å². The minimum absolute atomic E-state index is 0.0225. The van der Waals surface area contributed by atoms with Crippen LogP contribution >= 0.6 is 23.4 Å². The zero-order valence-electron chi connectivity index (χ0n) is 13.3. The lowest BCUT2D eigenvalue weighted by Crippen LogP contribution is -2.30. The molecule has 1 amide bonds. The fourth-order valence-electron chi connectivity index (χ4n) is 1.94. The van der Waals surface area contributed by atoms with Gasteiger partial charge in [-0.3, -0.25) is 4.79 Å². The third-order valence-corrected chi connectivity index (χ3v) is 4.51. The van der Waals surface area contributed by atoms with E-state index < -0.39 is 24.3 Å². The van der Waals surface area contributed by atoms with Crippen molar-refractivity contribution in [2.75, 3.05) is 18.9 Å². The molecule has 132 valence electrons. The Morgan fingerprint density at radius 1 is 1.16 bits per heavy atom. The molecule has 0 bridgehead atoms. The van der Waals surface area contributed by atoms with Gasteiger partial charge in [0.2, 0.25) is 0 Å². The first kappa shape index (κ1) is 19.3. The smallest absolute Gasteiger partial charge is 0.340 e. The summed E-state index contributed by atoms with van der Waals surface area (Å²) in [5.41, 5.74) is 1.25. The number of ether oxygens (including phenoxy) is 1. The highest BCUT2D eigenvalue weighted by Gasteiger charge is 2.14. The molecule has 2 aromatic carbocycles. The molecule has 0 heterocycles. The molecule has 0 aliphatic rings. The first-order valence-electron chi connectivity index (χ1n) is 7.57. The van der Waals surface area contributed by atoms with E-state index in [1.54, 1.807) is 11.8 Å². The van der Waals surface area contributed by atoms with Crippen LogP contribution in [0, 0.1) is 5.82 Å². The lowest BCUT2D eigenvalue weighted by Gasteiger charge is -2.07. The molecule has 0 saturated heterocycles. The van der Waals surface area contributed by atoms with E-state index in [-0.39, 0.29) is 10.6 Å². The summed E-state index contributed by atoms with van der Waals surface area (Å²) in [5, 5.41) is 2.62. The molecule has 25 heavy (non-hydrogen) atoms. The maximum atomic E-state index is 12.9. The molecule has 0 unspecified atom stereocenters. The number of rotatable bonds is 8. The summed E-state index contributed by atoms with van der Waals surface area (Å²) < 4.78 is 17.8. The van der Waals surface area contributed by atoms with Crippen molar-refractivity contribution in [1.82, 2.24) is 5.32 Å². The van der Waals surface area contributed by atoms with Crippen LogP contribution in [-0.2, 0) is 15.3 Å². The topological polar surface area (TPSA) is 55.4 Å². The molecule has 0 atom stereocenters. The van der Waals surface area contributed by atoms with Gasteiger partial charge in [0.15, 0.2) is 6.61 Å². The highest BCUT2D eigenvalue weighted by Crippen LogP contribution is 2.18. The van der Waals surface area contributed by atoms with Crippen molar-refractivity contribution in [3.05, 3.63) is 70.5 Å². The monoisotopic (exact) mass is 381 g/mol. The molecule has 7 heteroatoms. The van der Waals surface area contributed by atoms with Gasteiger partial charge in [-0.1, -0.05) is 41.9 Å². The van der Waals surface area contributed by atoms with Crippen molar-refractivity contribution in [2.45, 2.75) is 5.75 Å². The predicted molar refractivity (Wildman–Crippen MR) is 97.3 cm³/mol. The van der Waals surface area contributed by atoms with Gasteiger partial charge < -0.3 is 10.1 Å². The van der Waals surface area contributed by atoms with Crippen LogP contribution in [-0.4, -0.2) is 30.8 Å². The normalized spacial score (nSPS) is 10.3. The third-order valence-electron chi connectivity index (χ3n) is 3.17. The molecule has 1 N–H and O–H groups in total. The first-order valence-corrected chi connectivity index (χ1v) is 9.10. The Hall–Kier alpha value is -2.05. The molecule has 0 saturated carbocycles. The van der Waals surface area contributed by atoms with Gasteiger partial charge in [0.1, 0.15) is 5.82 Å². The summed E-state index contributed by atoms with van der Waals surface area (Å²) in [6, 6.07) is 13.4. The summed E-state index contributed by atoms with van der Waals surface area (Å²) in [4.78, 5) is 23.5. The Morgan fingerprint density at radius 2 is 1.92 bits per heavy atom. The maximum Gasteiger partial charge on any atom is 0.340 e. The Kier molecular flexibility index (Phi) is 7.76. The van der Waals surface area contributed by atoms with Gasteiger partial charge in [-0.2, -0.15) is 11.8 Å². The molecule has 2 aromatic rings. The van der Waals surface area contributed by atoms with E-state index >= 15 is 0 Å². The molecular formula is C18H17ClFNO3S. The first-order chi connectivity index (χ1) is 12.1. The number of carbonyl (C=O) groups is 2. The lowest BCUT2D eigenvalue weighted by atomic mass is 10.2. The van der Waals surface area contributed by atoms with Crippen molar-refractivity contribution in [3.63, 3.8) is 0 Å². The molecule has 0 radical (unpaired) electrons. The van der Waals surface area contributed by atoms with Gasteiger partial charge in [0.25, 0.3) is 5.91 Å². The number of hydrogen-bond acceptors (Lipinski definition) is 4. The summed E-state index contributed by atoms with van der Waals surface area (Å²) >= 11 is 7.46. The number of esters is 1.